The number of para-hydroxylation sites is 1. The molecule has 0 radical (unpaired) electrons. The van der Waals surface area contributed by atoms with Gasteiger partial charge in [-0.2, -0.15) is 0 Å². The van der Waals surface area contributed by atoms with Crippen LogP contribution in [0.5, 0.6) is 0 Å². The van der Waals surface area contributed by atoms with Crippen molar-refractivity contribution >= 4 is 10.9 Å². The van der Waals surface area contributed by atoms with Crippen LogP contribution in [0, 0.1) is 6.67 Å². The van der Waals surface area contributed by atoms with E-state index in [4.69, 9.17) is 0 Å². The second-order valence-corrected chi connectivity index (χ2v) is 6.77. The first-order chi connectivity index (χ1) is 12.9. The number of aromatic nitrogens is 1. The number of nitrogens with zero attached hydrogens (tertiary/aromatic N) is 2. The van der Waals surface area contributed by atoms with Crippen LogP contribution in [0.3, 0.4) is 0 Å². The fraction of sp³-hybridized carbons (Fsp3) is 0.0833. The lowest BCUT2D eigenvalue weighted by Crippen LogP contribution is -2.34. The third kappa shape index (κ3) is 2.56. The highest BCUT2D eigenvalue weighted by atomic mass is 15.3. The van der Waals surface area contributed by atoms with Crippen LogP contribution in [0.15, 0.2) is 97.1 Å². The molecule has 1 atom stereocenters. The lowest BCUT2D eigenvalue weighted by atomic mass is 10.0. The summed E-state index contributed by atoms with van der Waals surface area (Å²) in [4.78, 5) is 2.44. The van der Waals surface area contributed by atoms with E-state index in [2.05, 4.69) is 113 Å². The molecule has 0 fully saturated rings. The molecule has 26 heavy (non-hydrogen) atoms. The molecule has 2 heteroatoms. The zero-order valence-electron chi connectivity index (χ0n) is 14.5. The molecule has 0 N–H and O–H groups in total. The van der Waals surface area contributed by atoms with E-state index in [1.54, 1.807) is 0 Å². The zero-order chi connectivity index (χ0) is 17.3. The quantitative estimate of drug-likeness (QED) is 0.388. The normalized spacial score (nSPS) is 16.4. The average molecular weight is 336 g/mol. The highest BCUT2D eigenvalue weighted by molar-refractivity contribution is 5.75. The highest BCUT2D eigenvalue weighted by Crippen LogP contribution is 2.34. The molecular weight excluding hydrogens is 316 g/mol. The van der Waals surface area contributed by atoms with E-state index >= 15 is 0 Å². The Morgan fingerprint density at radius 2 is 1.42 bits per heavy atom. The molecule has 2 nitrogen and oxygen atoms in total. The molecule has 1 unspecified atom stereocenters. The van der Waals surface area contributed by atoms with Gasteiger partial charge in [0.1, 0.15) is 17.9 Å². The summed E-state index contributed by atoms with van der Waals surface area (Å²) in [6, 6.07) is 34.8. The maximum Gasteiger partial charge on any atom is 0.120 e. The molecule has 4 aromatic rings. The summed E-state index contributed by atoms with van der Waals surface area (Å²) in [7, 11) is 0. The van der Waals surface area contributed by atoms with E-state index in [1.807, 2.05) is 0 Å². The summed E-state index contributed by atoms with van der Waals surface area (Å²) in [5.74, 6) is 0. The second-order valence-electron chi connectivity index (χ2n) is 6.77. The molecule has 1 aliphatic rings. The van der Waals surface area contributed by atoms with Gasteiger partial charge in [0.15, 0.2) is 0 Å². The van der Waals surface area contributed by atoms with Gasteiger partial charge >= 0.3 is 0 Å². The Balaban J connectivity index is 1.64. The maximum atomic E-state index is 2.44. The highest BCUT2D eigenvalue weighted by Gasteiger charge is 2.33. The molecule has 0 saturated carbocycles. The Hall–Kier alpha value is -3.10. The fourth-order valence-electron chi connectivity index (χ4n) is 3.90. The van der Waals surface area contributed by atoms with Crippen molar-refractivity contribution in [3.05, 3.63) is 121 Å². The summed E-state index contributed by atoms with van der Waals surface area (Å²) in [5, 5.41) is 1.26. The molecule has 1 aliphatic heterocycles. The minimum absolute atomic E-state index is 0.223. The predicted molar refractivity (Wildman–Crippen MR) is 104 cm³/mol. The van der Waals surface area contributed by atoms with Gasteiger partial charge in [-0.05, 0) is 28.6 Å². The van der Waals surface area contributed by atoms with Crippen molar-refractivity contribution in [2.75, 3.05) is 0 Å². The van der Waals surface area contributed by atoms with Crippen LogP contribution < -0.4 is 4.57 Å². The van der Waals surface area contributed by atoms with Gasteiger partial charge in [-0.25, -0.2) is 0 Å². The van der Waals surface area contributed by atoms with Crippen molar-refractivity contribution in [2.45, 2.75) is 12.6 Å². The summed E-state index contributed by atoms with van der Waals surface area (Å²) in [5.41, 5.74) is 5.20. The van der Waals surface area contributed by atoms with Crippen molar-refractivity contribution in [3.8, 4) is 0 Å². The van der Waals surface area contributed by atoms with Crippen molar-refractivity contribution in [1.82, 2.24) is 4.90 Å². The lowest BCUT2D eigenvalue weighted by Gasteiger charge is -2.24. The van der Waals surface area contributed by atoms with E-state index in [0.717, 1.165) is 6.54 Å². The standard InChI is InChI=1S/C24H20N2/c1-3-9-19(10-4-1)17-25-18-26-22-14-8-7-11-20(22)15-16-23(26)24(25)21-12-5-2-6-13-21/h1-16,18,24H,17H2. The van der Waals surface area contributed by atoms with Gasteiger partial charge in [0.25, 0.3) is 0 Å². The fourth-order valence-corrected chi connectivity index (χ4v) is 3.90. The van der Waals surface area contributed by atoms with E-state index in [-0.39, 0.29) is 6.04 Å². The van der Waals surface area contributed by atoms with Crippen molar-refractivity contribution in [1.29, 1.82) is 0 Å². The zero-order valence-corrected chi connectivity index (χ0v) is 14.5. The molecule has 0 amide bonds. The molecule has 126 valence electrons. The molecule has 2 heterocycles. The minimum Gasteiger partial charge on any atom is -0.313 e. The van der Waals surface area contributed by atoms with E-state index < -0.39 is 0 Å². The van der Waals surface area contributed by atoms with E-state index in [0.29, 0.717) is 0 Å². The summed E-state index contributed by atoms with van der Waals surface area (Å²) < 4.78 is 2.34. The monoisotopic (exact) mass is 336 g/mol. The Bertz CT molecular complexity index is 1040. The average Bonchev–Trinajstić information content (AvgIpc) is 3.08. The van der Waals surface area contributed by atoms with Gasteiger partial charge in [-0.3, -0.25) is 4.90 Å². The predicted octanol–water partition coefficient (Wildman–Crippen LogP) is 4.70. The molecule has 5 rings (SSSR count). The molecule has 3 aromatic carbocycles. The summed E-state index contributed by atoms with van der Waals surface area (Å²) >= 11 is 0. The first-order valence-corrected chi connectivity index (χ1v) is 9.03. The van der Waals surface area contributed by atoms with Gasteiger partial charge in [-0.15, -0.1) is 0 Å². The smallest absolute Gasteiger partial charge is 0.120 e. The van der Waals surface area contributed by atoms with Gasteiger partial charge in [0, 0.05) is 6.54 Å². The number of hydrogen-bond acceptors (Lipinski definition) is 1. The second kappa shape index (κ2) is 6.32. The lowest BCUT2D eigenvalue weighted by molar-refractivity contribution is -0.611. The van der Waals surface area contributed by atoms with E-state index in [1.165, 1.54) is 27.7 Å². The van der Waals surface area contributed by atoms with Gasteiger partial charge < -0.3 is 4.57 Å². The maximum absolute atomic E-state index is 2.44. The molecule has 0 spiro atoms. The Morgan fingerprint density at radius 3 is 2.23 bits per heavy atom. The first kappa shape index (κ1) is 15.2. The summed E-state index contributed by atoms with van der Waals surface area (Å²) in [6.45, 7) is 3.15. The van der Waals surface area contributed by atoms with Crippen LogP contribution in [0.4, 0.5) is 0 Å². The van der Waals surface area contributed by atoms with Gasteiger partial charge in [0.2, 0.25) is 0 Å². The SMILES string of the molecule is c1ccc(CN2[CH-][n+]3c(ccc4ccccc43)C2c2ccccc2)cc1. The van der Waals surface area contributed by atoms with Gasteiger partial charge in [-0.1, -0.05) is 84.9 Å². The molecule has 0 aliphatic carbocycles. The topological polar surface area (TPSA) is 7.12 Å². The van der Waals surface area contributed by atoms with Gasteiger partial charge in [0.05, 0.1) is 6.04 Å². The Morgan fingerprint density at radius 1 is 0.731 bits per heavy atom. The Kier molecular flexibility index (Phi) is 3.69. The largest absolute Gasteiger partial charge is 0.313 e. The molecule has 0 bridgehead atoms. The van der Waals surface area contributed by atoms with Crippen LogP contribution in [-0.2, 0) is 6.54 Å². The molecular formula is C24H20N2. The first-order valence-electron chi connectivity index (χ1n) is 9.03. The van der Waals surface area contributed by atoms with Crippen LogP contribution in [0.25, 0.3) is 10.9 Å². The molecule has 0 saturated heterocycles. The number of pyridine rings is 1. The van der Waals surface area contributed by atoms with Crippen LogP contribution in [0.2, 0.25) is 0 Å². The molecule has 1 aromatic heterocycles. The van der Waals surface area contributed by atoms with Crippen molar-refractivity contribution in [3.63, 3.8) is 0 Å². The number of hydrogen-bond donors (Lipinski definition) is 0. The van der Waals surface area contributed by atoms with Crippen molar-refractivity contribution < 1.29 is 4.57 Å². The third-order valence-corrected chi connectivity index (χ3v) is 5.11. The van der Waals surface area contributed by atoms with Crippen LogP contribution >= 0.6 is 0 Å². The Labute approximate surface area is 154 Å². The van der Waals surface area contributed by atoms with Crippen LogP contribution in [0.1, 0.15) is 22.9 Å². The number of rotatable bonds is 3. The van der Waals surface area contributed by atoms with E-state index in [9.17, 15) is 0 Å². The minimum atomic E-state index is 0.223. The summed E-state index contributed by atoms with van der Waals surface area (Å²) in [6.07, 6.45) is 0. The number of fused-ring (bicyclic) bond motifs is 3. The van der Waals surface area contributed by atoms with Crippen molar-refractivity contribution in [2.24, 2.45) is 0 Å². The third-order valence-electron chi connectivity index (χ3n) is 5.11. The van der Waals surface area contributed by atoms with Crippen LogP contribution in [-0.4, -0.2) is 4.90 Å². The number of benzene rings is 3.